The molecule has 126 valence electrons. The molecule has 3 aromatic rings. The molecule has 0 aromatic heterocycles. The maximum absolute atomic E-state index is 5.50. The van der Waals surface area contributed by atoms with E-state index in [4.69, 9.17) is 21.7 Å². The van der Waals surface area contributed by atoms with Crippen LogP contribution in [0.15, 0.2) is 60.7 Å². The lowest BCUT2D eigenvalue weighted by molar-refractivity contribution is 0.174. The summed E-state index contributed by atoms with van der Waals surface area (Å²) in [7, 11) is 0. The summed E-state index contributed by atoms with van der Waals surface area (Å²) in [5.74, 6) is 1.56. The van der Waals surface area contributed by atoms with Crippen LogP contribution < -0.4 is 20.1 Å². The molecule has 4 nitrogen and oxygen atoms in total. The Morgan fingerprint density at radius 2 is 1.80 bits per heavy atom. The van der Waals surface area contributed by atoms with Crippen LogP contribution in [0.4, 0.5) is 5.69 Å². The van der Waals surface area contributed by atoms with Crippen LogP contribution in [0, 0.1) is 0 Å². The summed E-state index contributed by atoms with van der Waals surface area (Å²) in [6.07, 6.45) is 0. The summed E-state index contributed by atoms with van der Waals surface area (Å²) in [4.78, 5) is 0. The topological polar surface area (TPSA) is 42.5 Å². The largest absolute Gasteiger partial charge is 0.454 e. The molecule has 0 amide bonds. The van der Waals surface area contributed by atoms with Crippen molar-refractivity contribution < 1.29 is 9.47 Å². The Morgan fingerprint density at radius 3 is 2.72 bits per heavy atom. The van der Waals surface area contributed by atoms with Crippen LogP contribution in [-0.2, 0) is 0 Å². The molecule has 0 bridgehead atoms. The molecular weight excluding hydrogens is 332 g/mol. The van der Waals surface area contributed by atoms with E-state index in [-0.39, 0.29) is 12.8 Å². The van der Waals surface area contributed by atoms with Crippen LogP contribution in [0.1, 0.15) is 18.5 Å². The number of fused-ring (bicyclic) bond motifs is 2. The van der Waals surface area contributed by atoms with E-state index in [2.05, 4.69) is 35.8 Å². The molecular formula is C20H18N2O2S. The molecule has 0 saturated heterocycles. The summed E-state index contributed by atoms with van der Waals surface area (Å²) >= 11 is 5.50. The average molecular weight is 350 g/mol. The van der Waals surface area contributed by atoms with Crippen molar-refractivity contribution in [2.45, 2.75) is 13.0 Å². The molecule has 0 radical (unpaired) electrons. The van der Waals surface area contributed by atoms with Crippen LogP contribution in [0.2, 0.25) is 0 Å². The standard InChI is InChI=1S/C20H18N2O2S/c1-13(15-9-10-18-19(11-15)24-12-23-18)21-20(25)22-17-8-4-6-14-5-2-3-7-16(14)17/h2-11,13H,12H2,1H3,(H2,21,22,25). The molecule has 3 aromatic carbocycles. The summed E-state index contributed by atoms with van der Waals surface area (Å²) in [6, 6.07) is 20.4. The van der Waals surface area contributed by atoms with Crippen LogP contribution in [0.3, 0.4) is 0 Å². The van der Waals surface area contributed by atoms with Gasteiger partial charge >= 0.3 is 0 Å². The highest BCUT2D eigenvalue weighted by Gasteiger charge is 2.16. The van der Waals surface area contributed by atoms with Crippen molar-refractivity contribution >= 4 is 33.8 Å². The first-order chi connectivity index (χ1) is 12.2. The number of rotatable bonds is 3. The van der Waals surface area contributed by atoms with Gasteiger partial charge in [0.15, 0.2) is 16.6 Å². The molecule has 0 spiro atoms. The van der Waals surface area contributed by atoms with E-state index in [1.807, 2.05) is 42.5 Å². The maximum atomic E-state index is 5.50. The maximum Gasteiger partial charge on any atom is 0.231 e. The Balaban J connectivity index is 1.48. The Labute approximate surface area is 151 Å². The van der Waals surface area contributed by atoms with E-state index < -0.39 is 0 Å². The number of hydrogen-bond acceptors (Lipinski definition) is 3. The third kappa shape index (κ3) is 3.23. The number of benzene rings is 3. The fourth-order valence-corrected chi connectivity index (χ4v) is 3.24. The van der Waals surface area contributed by atoms with Gasteiger partial charge in [-0.25, -0.2) is 0 Å². The van der Waals surface area contributed by atoms with E-state index in [0.717, 1.165) is 28.1 Å². The van der Waals surface area contributed by atoms with Gasteiger partial charge in [-0.1, -0.05) is 42.5 Å². The second-order valence-corrected chi connectivity index (χ2v) is 6.37. The lowest BCUT2D eigenvalue weighted by Gasteiger charge is -2.18. The Kier molecular flexibility index (Phi) is 4.15. The number of anilines is 1. The fourth-order valence-electron chi connectivity index (χ4n) is 2.96. The zero-order chi connectivity index (χ0) is 17.2. The van der Waals surface area contributed by atoms with Gasteiger partial charge in [0, 0.05) is 11.1 Å². The molecule has 0 aliphatic carbocycles. The van der Waals surface area contributed by atoms with Crippen LogP contribution in [0.5, 0.6) is 11.5 Å². The number of hydrogen-bond donors (Lipinski definition) is 2. The van der Waals surface area contributed by atoms with E-state index in [1.54, 1.807) is 0 Å². The predicted molar refractivity (Wildman–Crippen MR) is 104 cm³/mol. The van der Waals surface area contributed by atoms with Crippen molar-refractivity contribution in [2.24, 2.45) is 0 Å². The van der Waals surface area contributed by atoms with Crippen molar-refractivity contribution in [1.29, 1.82) is 0 Å². The Hall–Kier alpha value is -2.79. The van der Waals surface area contributed by atoms with Gasteiger partial charge in [-0.3, -0.25) is 0 Å². The zero-order valence-corrected chi connectivity index (χ0v) is 14.6. The number of thiocarbonyl (C=S) groups is 1. The SMILES string of the molecule is CC(NC(=S)Nc1cccc2ccccc12)c1ccc2c(c1)OCO2. The quantitative estimate of drug-likeness (QED) is 0.675. The second kappa shape index (κ2) is 6.61. The van der Waals surface area contributed by atoms with Crippen molar-refractivity contribution in [3.63, 3.8) is 0 Å². The molecule has 1 unspecified atom stereocenters. The zero-order valence-electron chi connectivity index (χ0n) is 13.8. The van der Waals surface area contributed by atoms with Gasteiger partial charge in [0.25, 0.3) is 0 Å². The Bertz CT molecular complexity index is 937. The van der Waals surface area contributed by atoms with Gasteiger partial charge in [0.05, 0.1) is 6.04 Å². The number of ether oxygens (including phenoxy) is 2. The van der Waals surface area contributed by atoms with E-state index >= 15 is 0 Å². The highest BCUT2D eigenvalue weighted by molar-refractivity contribution is 7.80. The van der Waals surface area contributed by atoms with Crippen molar-refractivity contribution in [3.8, 4) is 11.5 Å². The summed E-state index contributed by atoms with van der Waals surface area (Å²) in [5.41, 5.74) is 2.08. The first-order valence-electron chi connectivity index (χ1n) is 8.15. The molecule has 1 aliphatic rings. The van der Waals surface area contributed by atoms with Gasteiger partial charge in [0.1, 0.15) is 0 Å². The van der Waals surface area contributed by atoms with Crippen LogP contribution in [-0.4, -0.2) is 11.9 Å². The number of nitrogens with one attached hydrogen (secondary N) is 2. The first kappa shape index (κ1) is 15.7. The monoisotopic (exact) mass is 350 g/mol. The van der Waals surface area contributed by atoms with E-state index in [1.165, 1.54) is 5.39 Å². The first-order valence-corrected chi connectivity index (χ1v) is 8.56. The summed E-state index contributed by atoms with van der Waals surface area (Å²) < 4.78 is 10.8. The normalized spacial score (nSPS) is 13.5. The van der Waals surface area contributed by atoms with E-state index in [0.29, 0.717) is 5.11 Å². The van der Waals surface area contributed by atoms with Gasteiger partial charge < -0.3 is 20.1 Å². The lowest BCUT2D eigenvalue weighted by Crippen LogP contribution is -2.30. The van der Waals surface area contributed by atoms with Gasteiger partial charge in [0.2, 0.25) is 6.79 Å². The molecule has 0 saturated carbocycles. The van der Waals surface area contributed by atoms with Crippen LogP contribution in [0.25, 0.3) is 10.8 Å². The minimum atomic E-state index is 0.0458. The molecule has 25 heavy (non-hydrogen) atoms. The third-order valence-corrected chi connectivity index (χ3v) is 4.50. The molecule has 4 rings (SSSR count). The van der Waals surface area contributed by atoms with Crippen molar-refractivity contribution in [3.05, 3.63) is 66.2 Å². The van der Waals surface area contributed by atoms with Gasteiger partial charge in [-0.2, -0.15) is 0 Å². The minimum Gasteiger partial charge on any atom is -0.454 e. The predicted octanol–water partition coefficient (Wildman–Crippen LogP) is 4.62. The van der Waals surface area contributed by atoms with Gasteiger partial charge in [-0.15, -0.1) is 0 Å². The smallest absolute Gasteiger partial charge is 0.231 e. The highest BCUT2D eigenvalue weighted by atomic mass is 32.1. The summed E-state index contributed by atoms with van der Waals surface area (Å²) in [5, 5.41) is 9.53. The second-order valence-electron chi connectivity index (χ2n) is 5.96. The molecule has 1 atom stereocenters. The highest BCUT2D eigenvalue weighted by Crippen LogP contribution is 2.34. The van der Waals surface area contributed by atoms with Crippen molar-refractivity contribution in [2.75, 3.05) is 12.1 Å². The third-order valence-electron chi connectivity index (χ3n) is 4.28. The van der Waals surface area contributed by atoms with Crippen LogP contribution >= 0.6 is 12.2 Å². The Morgan fingerprint density at radius 1 is 1.00 bits per heavy atom. The molecule has 1 aliphatic heterocycles. The molecule has 0 fully saturated rings. The summed E-state index contributed by atoms with van der Waals surface area (Å²) in [6.45, 7) is 2.34. The molecule has 1 heterocycles. The fraction of sp³-hybridized carbons (Fsp3) is 0.150. The van der Waals surface area contributed by atoms with Crippen molar-refractivity contribution in [1.82, 2.24) is 5.32 Å². The minimum absolute atomic E-state index is 0.0458. The van der Waals surface area contributed by atoms with Gasteiger partial charge in [-0.05, 0) is 48.3 Å². The average Bonchev–Trinajstić information content (AvgIpc) is 3.09. The molecule has 2 N–H and O–H groups in total. The lowest BCUT2D eigenvalue weighted by atomic mass is 10.1. The van der Waals surface area contributed by atoms with E-state index in [9.17, 15) is 0 Å². The molecule has 5 heteroatoms.